The molecule has 7 heteroatoms. The minimum Gasteiger partial charge on any atom is -0.377 e. The maximum Gasteiger partial charge on any atom is 0.193 e. The molecule has 0 saturated carbocycles. The summed E-state index contributed by atoms with van der Waals surface area (Å²) in [4.78, 5) is 6.97. The first kappa shape index (κ1) is 23.4. The molecule has 1 aromatic heterocycles. The summed E-state index contributed by atoms with van der Waals surface area (Å²) in [5.74, 6) is 2.26. The molecule has 0 spiro atoms. The second-order valence-electron chi connectivity index (χ2n) is 9.31. The van der Waals surface area contributed by atoms with Gasteiger partial charge in [-0.1, -0.05) is 20.8 Å². The highest BCUT2D eigenvalue weighted by Gasteiger charge is 2.35. The molecule has 3 rings (SSSR count). The van der Waals surface area contributed by atoms with E-state index in [1.54, 1.807) is 0 Å². The quantitative estimate of drug-likeness (QED) is 0.389. The fourth-order valence-corrected chi connectivity index (χ4v) is 4.67. The highest BCUT2D eigenvalue weighted by Crippen LogP contribution is 2.33. The fraction of sp³-hybridized carbons (Fsp3) is 0.810. The first-order valence-corrected chi connectivity index (χ1v) is 10.4. The lowest BCUT2D eigenvalue weighted by Crippen LogP contribution is -2.48. The van der Waals surface area contributed by atoms with Crippen LogP contribution in [0.5, 0.6) is 0 Å². The predicted molar refractivity (Wildman–Crippen MR) is 125 cm³/mol. The van der Waals surface area contributed by atoms with Crippen LogP contribution in [-0.4, -0.2) is 60.0 Å². The Hall–Kier alpha value is -0.830. The Morgan fingerprint density at radius 3 is 2.79 bits per heavy atom. The van der Waals surface area contributed by atoms with Gasteiger partial charge in [-0.25, -0.2) is 0 Å². The molecule has 2 aliphatic rings. The average molecular weight is 503 g/mol. The summed E-state index contributed by atoms with van der Waals surface area (Å²) >= 11 is 0. The van der Waals surface area contributed by atoms with E-state index in [-0.39, 0.29) is 29.4 Å². The minimum atomic E-state index is 0. The molecule has 0 amide bonds. The number of guanidine groups is 1. The van der Waals surface area contributed by atoms with Crippen LogP contribution in [0.15, 0.2) is 17.4 Å². The topological polar surface area (TPSA) is 54.7 Å². The Kier molecular flexibility index (Phi) is 8.60. The zero-order chi connectivity index (χ0) is 19.4. The number of halogens is 1. The van der Waals surface area contributed by atoms with Crippen LogP contribution in [-0.2, 0) is 18.2 Å². The van der Waals surface area contributed by atoms with Gasteiger partial charge in [0.05, 0.1) is 12.3 Å². The second-order valence-corrected chi connectivity index (χ2v) is 9.31. The van der Waals surface area contributed by atoms with E-state index < -0.39 is 0 Å². The Labute approximate surface area is 187 Å². The van der Waals surface area contributed by atoms with Gasteiger partial charge >= 0.3 is 0 Å². The lowest BCUT2D eigenvalue weighted by Gasteiger charge is -2.40. The number of nitrogens with one attached hydrogen (secondary N) is 1. The lowest BCUT2D eigenvalue weighted by molar-refractivity contribution is -0.0836. The van der Waals surface area contributed by atoms with Crippen LogP contribution in [0.3, 0.4) is 0 Å². The van der Waals surface area contributed by atoms with Crippen molar-refractivity contribution < 1.29 is 4.74 Å². The minimum absolute atomic E-state index is 0. The molecular formula is C21H38IN5O. The van der Waals surface area contributed by atoms with Crippen LogP contribution in [0, 0.1) is 17.3 Å². The molecule has 2 aliphatic heterocycles. The van der Waals surface area contributed by atoms with Gasteiger partial charge < -0.3 is 15.0 Å². The standard InChI is InChI=1S/C21H37N5O.HI/c1-21(2,3)19-18(7-6-10-27-19)13-23-20(22-4)26-9-8-16(15-26)11-17-12-24-25(5)14-17;/h12,14,16,18-19H,6-11,13,15H2,1-5H3,(H,22,23);1H. The van der Waals surface area contributed by atoms with Gasteiger partial charge in [0.25, 0.3) is 0 Å². The van der Waals surface area contributed by atoms with Crippen molar-refractivity contribution in [2.75, 3.05) is 33.3 Å². The van der Waals surface area contributed by atoms with Crippen molar-refractivity contribution in [1.29, 1.82) is 0 Å². The van der Waals surface area contributed by atoms with Crippen molar-refractivity contribution in [3.05, 3.63) is 18.0 Å². The third-order valence-corrected chi connectivity index (χ3v) is 5.90. The van der Waals surface area contributed by atoms with Crippen LogP contribution in [0.2, 0.25) is 0 Å². The molecule has 28 heavy (non-hydrogen) atoms. The summed E-state index contributed by atoms with van der Waals surface area (Å²) < 4.78 is 8.02. The van der Waals surface area contributed by atoms with E-state index in [0.717, 1.165) is 45.0 Å². The largest absolute Gasteiger partial charge is 0.377 e. The Bertz CT molecular complexity index is 639. The highest BCUT2D eigenvalue weighted by molar-refractivity contribution is 14.0. The van der Waals surface area contributed by atoms with Crippen molar-refractivity contribution in [2.45, 2.75) is 52.6 Å². The molecule has 2 fully saturated rings. The van der Waals surface area contributed by atoms with E-state index in [9.17, 15) is 0 Å². The number of hydrogen-bond acceptors (Lipinski definition) is 3. The second kappa shape index (κ2) is 10.3. The molecule has 3 atom stereocenters. The molecule has 1 N–H and O–H groups in total. The summed E-state index contributed by atoms with van der Waals surface area (Å²) in [5, 5.41) is 7.94. The third kappa shape index (κ3) is 6.08. The van der Waals surface area contributed by atoms with Crippen LogP contribution < -0.4 is 5.32 Å². The van der Waals surface area contributed by atoms with E-state index in [4.69, 9.17) is 4.74 Å². The van der Waals surface area contributed by atoms with Gasteiger partial charge in [-0.3, -0.25) is 9.67 Å². The van der Waals surface area contributed by atoms with E-state index in [0.29, 0.717) is 17.9 Å². The number of nitrogens with zero attached hydrogens (tertiary/aromatic N) is 4. The van der Waals surface area contributed by atoms with Crippen LogP contribution >= 0.6 is 24.0 Å². The maximum atomic E-state index is 6.13. The molecular weight excluding hydrogens is 465 g/mol. The Morgan fingerprint density at radius 2 is 2.14 bits per heavy atom. The molecule has 2 saturated heterocycles. The van der Waals surface area contributed by atoms with Gasteiger partial charge in [-0.2, -0.15) is 5.10 Å². The van der Waals surface area contributed by atoms with Gasteiger partial charge in [0.2, 0.25) is 0 Å². The predicted octanol–water partition coefficient (Wildman–Crippen LogP) is 3.32. The molecule has 0 aromatic carbocycles. The summed E-state index contributed by atoms with van der Waals surface area (Å²) in [6.45, 7) is 10.8. The number of aromatic nitrogens is 2. The monoisotopic (exact) mass is 503 g/mol. The molecule has 0 radical (unpaired) electrons. The zero-order valence-electron chi connectivity index (χ0n) is 18.1. The molecule has 3 heterocycles. The number of rotatable bonds is 4. The molecule has 1 aromatic rings. The summed E-state index contributed by atoms with van der Waals surface area (Å²) in [7, 11) is 3.88. The third-order valence-electron chi connectivity index (χ3n) is 5.90. The molecule has 0 bridgehead atoms. The number of ether oxygens (including phenoxy) is 1. The van der Waals surface area contributed by atoms with E-state index in [1.807, 2.05) is 25.0 Å². The van der Waals surface area contributed by atoms with Crippen molar-refractivity contribution in [3.63, 3.8) is 0 Å². The van der Waals surface area contributed by atoms with Crippen molar-refractivity contribution >= 4 is 29.9 Å². The number of aliphatic imine (C=N–C) groups is 1. The van der Waals surface area contributed by atoms with E-state index in [1.165, 1.54) is 18.4 Å². The molecule has 6 nitrogen and oxygen atoms in total. The van der Waals surface area contributed by atoms with E-state index >= 15 is 0 Å². The van der Waals surface area contributed by atoms with Gasteiger partial charge in [0.15, 0.2) is 5.96 Å². The summed E-state index contributed by atoms with van der Waals surface area (Å²) in [6.07, 6.45) is 9.14. The van der Waals surface area contributed by atoms with Crippen molar-refractivity contribution in [3.8, 4) is 0 Å². The van der Waals surface area contributed by atoms with Gasteiger partial charge in [0.1, 0.15) is 0 Å². The number of hydrogen-bond donors (Lipinski definition) is 1. The van der Waals surface area contributed by atoms with E-state index in [2.05, 4.69) is 47.3 Å². The zero-order valence-corrected chi connectivity index (χ0v) is 20.5. The van der Waals surface area contributed by atoms with Gasteiger partial charge in [-0.15, -0.1) is 24.0 Å². The smallest absolute Gasteiger partial charge is 0.193 e. The van der Waals surface area contributed by atoms with Crippen LogP contribution in [0.4, 0.5) is 0 Å². The normalized spacial score (nSPS) is 26.2. The Morgan fingerprint density at radius 1 is 1.36 bits per heavy atom. The Balaban J connectivity index is 0.00000280. The van der Waals surface area contributed by atoms with Crippen molar-refractivity contribution in [1.82, 2.24) is 20.0 Å². The first-order chi connectivity index (χ1) is 12.9. The highest BCUT2D eigenvalue weighted by atomic mass is 127. The maximum absolute atomic E-state index is 6.13. The number of likely N-dealkylation sites (tertiary alicyclic amines) is 1. The first-order valence-electron chi connectivity index (χ1n) is 10.4. The molecule has 3 unspecified atom stereocenters. The fourth-order valence-electron chi connectivity index (χ4n) is 4.67. The van der Waals surface area contributed by atoms with Crippen LogP contribution in [0.1, 0.15) is 45.6 Å². The SMILES string of the molecule is CN=C(NCC1CCCOC1C(C)(C)C)N1CCC(Cc2cnn(C)c2)C1.I. The lowest BCUT2D eigenvalue weighted by atomic mass is 9.78. The average Bonchev–Trinajstić information content (AvgIpc) is 3.24. The molecule has 160 valence electrons. The van der Waals surface area contributed by atoms with Gasteiger partial charge in [0, 0.05) is 52.5 Å². The summed E-state index contributed by atoms with van der Waals surface area (Å²) in [6, 6.07) is 0. The number of aryl methyl sites for hydroxylation is 1. The summed E-state index contributed by atoms with van der Waals surface area (Å²) in [5.41, 5.74) is 1.51. The molecule has 0 aliphatic carbocycles. The van der Waals surface area contributed by atoms with Gasteiger partial charge in [-0.05, 0) is 42.6 Å². The van der Waals surface area contributed by atoms with Crippen LogP contribution in [0.25, 0.3) is 0 Å². The van der Waals surface area contributed by atoms with Crippen molar-refractivity contribution in [2.24, 2.45) is 29.3 Å².